The Labute approximate surface area is 216 Å². The van der Waals surface area contributed by atoms with Crippen LogP contribution in [0.2, 0.25) is 0 Å². The minimum Gasteiger partial charge on any atom is -0.481 e. The molecule has 0 bridgehead atoms. The van der Waals surface area contributed by atoms with E-state index in [9.17, 15) is 9.59 Å². The van der Waals surface area contributed by atoms with E-state index in [0.717, 1.165) is 42.7 Å². The minimum absolute atomic E-state index is 0.117. The zero-order valence-corrected chi connectivity index (χ0v) is 24.0. The summed E-state index contributed by atoms with van der Waals surface area (Å²) in [5.41, 5.74) is 0. The van der Waals surface area contributed by atoms with Crippen molar-refractivity contribution in [3.05, 3.63) is 0 Å². The van der Waals surface area contributed by atoms with Crippen LogP contribution < -0.4 is 0 Å². The lowest BCUT2D eigenvalue weighted by molar-refractivity contribution is -0.178. The molecular weight excluding hydrogens is 501 g/mol. The van der Waals surface area contributed by atoms with E-state index in [1.165, 1.54) is 42.3 Å². The van der Waals surface area contributed by atoms with E-state index in [-0.39, 0.29) is 12.6 Å². The molecule has 7 nitrogen and oxygen atoms in total. The summed E-state index contributed by atoms with van der Waals surface area (Å²) in [5.74, 6) is 1.78. The van der Waals surface area contributed by atoms with Crippen molar-refractivity contribution in [2.75, 3.05) is 52.8 Å². The number of aliphatic hydroxyl groups is 1. The van der Waals surface area contributed by atoms with E-state index in [1.54, 1.807) is 14.1 Å². The molecule has 2 aliphatic rings. The third-order valence-electron chi connectivity index (χ3n) is 4.61. The Bertz CT molecular complexity index is 489. The molecule has 0 amide bonds. The predicted octanol–water partition coefficient (Wildman–Crippen LogP) is 5.05. The summed E-state index contributed by atoms with van der Waals surface area (Å²) in [4.78, 5) is 28.2. The van der Waals surface area contributed by atoms with Crippen molar-refractivity contribution in [2.24, 2.45) is 0 Å². The molecule has 2 saturated heterocycles. The van der Waals surface area contributed by atoms with Crippen LogP contribution in [0.1, 0.15) is 64.2 Å². The normalized spacial score (nSPS) is 19.6. The van der Waals surface area contributed by atoms with Crippen molar-refractivity contribution in [1.82, 2.24) is 9.96 Å². The number of unbranched alkanes of at least 4 members (excludes halogenated alkanes) is 2. The van der Waals surface area contributed by atoms with Gasteiger partial charge in [0.2, 0.25) is 0 Å². The van der Waals surface area contributed by atoms with Crippen LogP contribution in [0.5, 0.6) is 0 Å². The molecule has 0 aromatic carbocycles. The fourth-order valence-corrected chi connectivity index (χ4v) is 8.92. The average molecular weight is 545 g/mol. The van der Waals surface area contributed by atoms with E-state index in [0.29, 0.717) is 12.8 Å². The predicted molar refractivity (Wildman–Crippen MR) is 147 cm³/mol. The van der Waals surface area contributed by atoms with Gasteiger partial charge in [-0.3, -0.25) is 9.59 Å². The van der Waals surface area contributed by atoms with Crippen molar-refractivity contribution < 1.29 is 24.6 Å². The molecule has 2 heterocycles. The van der Waals surface area contributed by atoms with Gasteiger partial charge in [0.1, 0.15) is 0 Å². The third-order valence-corrected chi connectivity index (χ3v) is 10.6. The summed E-state index contributed by atoms with van der Waals surface area (Å²) < 4.78 is 0. The molecule has 2 aliphatic heterocycles. The van der Waals surface area contributed by atoms with Crippen molar-refractivity contribution in [3.8, 4) is 0 Å². The van der Waals surface area contributed by atoms with Gasteiger partial charge >= 0.3 is 11.9 Å². The first kappa shape index (κ1) is 33.2. The monoisotopic (exact) mass is 544 g/mol. The Hall–Kier alpha value is 0.220. The van der Waals surface area contributed by atoms with Crippen molar-refractivity contribution >= 4 is 55.1 Å². The van der Waals surface area contributed by atoms with Gasteiger partial charge in [-0.25, -0.2) is 0 Å². The van der Waals surface area contributed by atoms with Crippen LogP contribution in [0.15, 0.2) is 0 Å². The number of rotatable bonds is 13. The van der Waals surface area contributed by atoms with Crippen LogP contribution in [-0.4, -0.2) is 95.5 Å². The van der Waals surface area contributed by atoms with E-state index in [2.05, 4.69) is 0 Å². The number of carbonyl (C=O) groups excluding carboxylic acids is 1. The molecule has 2 N–H and O–H groups in total. The number of carboxylic acids is 1. The van der Waals surface area contributed by atoms with Crippen LogP contribution in [-0.2, 0) is 14.4 Å². The van der Waals surface area contributed by atoms with E-state index in [4.69, 9.17) is 15.1 Å². The Balaban J connectivity index is 0.000000509. The number of hydrogen-bond donors (Lipinski definition) is 2. The summed E-state index contributed by atoms with van der Waals surface area (Å²) >= 11 is 0. The Kier molecular flexibility index (Phi) is 22.8. The van der Waals surface area contributed by atoms with Gasteiger partial charge in [0.15, 0.2) is 0 Å². The highest BCUT2D eigenvalue weighted by Gasteiger charge is 2.16. The van der Waals surface area contributed by atoms with Gasteiger partial charge in [0.25, 0.3) is 0 Å². The molecule has 2 fully saturated rings. The average Bonchev–Trinajstić information content (AvgIpc) is 3.43. The number of nitrogens with zero attached hydrogens (tertiary/aromatic N) is 2. The summed E-state index contributed by atoms with van der Waals surface area (Å²) in [6.45, 7) is 1.02. The summed E-state index contributed by atoms with van der Waals surface area (Å²) in [6, 6.07) is 0. The van der Waals surface area contributed by atoms with E-state index >= 15 is 0 Å². The number of hydroxylamine groups is 2. The zero-order valence-electron chi connectivity index (χ0n) is 20.7. The molecule has 0 aromatic heterocycles. The molecule has 0 aliphatic carbocycles. The van der Waals surface area contributed by atoms with Crippen LogP contribution >= 0.6 is 43.2 Å². The molecule has 2 atom stereocenters. The summed E-state index contributed by atoms with van der Waals surface area (Å²) in [5, 5.41) is 19.7. The van der Waals surface area contributed by atoms with Gasteiger partial charge in [-0.2, -0.15) is 0 Å². The Morgan fingerprint density at radius 3 is 1.73 bits per heavy atom. The smallest absolute Gasteiger partial charge is 0.325 e. The van der Waals surface area contributed by atoms with Gasteiger partial charge in [-0.15, -0.1) is 5.06 Å². The van der Waals surface area contributed by atoms with Crippen LogP contribution in [0.25, 0.3) is 0 Å². The van der Waals surface area contributed by atoms with Gasteiger partial charge in [0.05, 0.1) is 6.61 Å². The molecule has 0 radical (unpaired) electrons. The van der Waals surface area contributed by atoms with Gasteiger partial charge < -0.3 is 20.0 Å². The highest BCUT2D eigenvalue weighted by atomic mass is 33.1. The summed E-state index contributed by atoms with van der Waals surface area (Å²) in [6.07, 6.45) is 9.97. The maximum Gasteiger partial charge on any atom is 0.325 e. The largest absolute Gasteiger partial charge is 0.481 e. The first-order valence-corrected chi connectivity index (χ1v) is 16.4. The molecule has 0 unspecified atom stereocenters. The van der Waals surface area contributed by atoms with Crippen molar-refractivity contribution in [2.45, 2.75) is 74.7 Å². The second-order valence-corrected chi connectivity index (χ2v) is 13.9. The second kappa shape index (κ2) is 22.7. The molecule has 33 heavy (non-hydrogen) atoms. The Morgan fingerprint density at radius 2 is 1.39 bits per heavy atom. The highest BCUT2D eigenvalue weighted by molar-refractivity contribution is 8.77. The lowest BCUT2D eigenvalue weighted by Crippen LogP contribution is -2.18. The number of likely N-dealkylation sites (N-methyl/N-ethyl adjacent to an activating group) is 1. The Morgan fingerprint density at radius 1 is 0.879 bits per heavy atom. The van der Waals surface area contributed by atoms with Gasteiger partial charge in [-0.05, 0) is 52.6 Å². The standard InChI is InChI=1S/C10H19NO2S2.C8H14O2S2.C4H11NO/c1-11(2)13-10(12)6-4-3-5-9-7-8-14-15-9;9-8(10)4-2-1-3-7-5-6-11-12-7;1-5(2)3-4-6/h9H,3-8H2,1-2H3;7H,1-6H2,(H,9,10);6H,3-4H2,1-2H3/t9-;7-;/m11./s1. The minimum atomic E-state index is -0.663. The lowest BCUT2D eigenvalue weighted by atomic mass is 10.1. The first-order valence-electron chi connectivity index (χ1n) is 11.7. The zero-order chi connectivity index (χ0) is 24.9. The molecule has 2 rings (SSSR count). The number of carbonyl (C=O) groups is 2. The summed E-state index contributed by atoms with van der Waals surface area (Å²) in [7, 11) is 15.2. The molecule has 0 spiro atoms. The molecule has 196 valence electrons. The van der Waals surface area contributed by atoms with E-state index in [1.807, 2.05) is 62.2 Å². The quantitative estimate of drug-likeness (QED) is 0.185. The molecule has 11 heteroatoms. The SMILES string of the molecule is CN(C)CCO.CN(C)OC(=O)CCCC[C@@H]1CCSS1.O=C(O)CCCC[C@@H]1CCSS1. The van der Waals surface area contributed by atoms with Crippen molar-refractivity contribution in [3.63, 3.8) is 0 Å². The fraction of sp³-hybridized carbons (Fsp3) is 0.909. The number of carboxylic acid groups (broad SMARTS) is 1. The first-order chi connectivity index (χ1) is 15.7. The number of hydrogen-bond acceptors (Lipinski definition) is 10. The maximum atomic E-state index is 11.2. The number of aliphatic carboxylic acids is 1. The molecular formula is C22H44N2O5S4. The highest BCUT2D eigenvalue weighted by Crippen LogP contribution is 2.40. The van der Waals surface area contributed by atoms with Crippen molar-refractivity contribution in [1.29, 1.82) is 0 Å². The van der Waals surface area contributed by atoms with Crippen LogP contribution in [0.3, 0.4) is 0 Å². The second-order valence-electron chi connectivity index (χ2n) is 8.35. The van der Waals surface area contributed by atoms with Gasteiger partial charge in [-0.1, -0.05) is 56.0 Å². The lowest BCUT2D eigenvalue weighted by Gasteiger charge is -2.10. The van der Waals surface area contributed by atoms with Gasteiger partial charge in [0, 0.05) is 55.5 Å². The fourth-order valence-electron chi connectivity index (χ4n) is 2.87. The maximum absolute atomic E-state index is 11.2. The van der Waals surface area contributed by atoms with Crippen LogP contribution in [0.4, 0.5) is 0 Å². The molecule has 0 aromatic rings. The topological polar surface area (TPSA) is 90.3 Å². The van der Waals surface area contributed by atoms with E-state index < -0.39 is 5.97 Å². The molecule has 0 saturated carbocycles. The van der Waals surface area contributed by atoms with Crippen LogP contribution in [0, 0.1) is 0 Å². The third kappa shape index (κ3) is 23.7. The number of aliphatic hydroxyl groups excluding tert-OH is 1.